The third-order valence-corrected chi connectivity index (χ3v) is 6.95. The molecule has 0 spiro atoms. The van der Waals surface area contributed by atoms with E-state index in [4.69, 9.17) is 4.74 Å². The second-order valence-corrected chi connectivity index (χ2v) is 9.94. The van der Waals surface area contributed by atoms with Crippen molar-refractivity contribution >= 4 is 33.4 Å². The van der Waals surface area contributed by atoms with E-state index in [9.17, 15) is 18.0 Å². The van der Waals surface area contributed by atoms with Crippen LogP contribution < -0.4 is 10.0 Å². The van der Waals surface area contributed by atoms with Crippen molar-refractivity contribution in [1.82, 2.24) is 4.72 Å². The molecule has 4 rings (SSSR count). The van der Waals surface area contributed by atoms with Crippen molar-refractivity contribution in [2.24, 2.45) is 4.99 Å². The van der Waals surface area contributed by atoms with Crippen molar-refractivity contribution in [1.29, 1.82) is 0 Å². The van der Waals surface area contributed by atoms with Gasteiger partial charge in [0.1, 0.15) is 11.9 Å². The molecule has 3 aromatic carbocycles. The molecule has 1 amide bonds. The first-order chi connectivity index (χ1) is 16.7. The molecule has 0 saturated carbocycles. The number of ether oxygens (including phenoxy) is 1. The van der Waals surface area contributed by atoms with Gasteiger partial charge >= 0.3 is 5.97 Å². The minimum atomic E-state index is -3.74. The number of amides is 1. The molecule has 1 aliphatic heterocycles. The number of aliphatic imine (C=N–C) groups is 1. The van der Waals surface area contributed by atoms with Gasteiger partial charge in [0.25, 0.3) is 15.9 Å². The van der Waals surface area contributed by atoms with Crippen LogP contribution in [0.1, 0.15) is 35.3 Å². The van der Waals surface area contributed by atoms with Crippen molar-refractivity contribution in [2.45, 2.75) is 37.8 Å². The van der Waals surface area contributed by atoms with Crippen LogP contribution in [-0.4, -0.2) is 32.2 Å². The Hall–Kier alpha value is -3.98. The Morgan fingerprint density at radius 3 is 2.40 bits per heavy atom. The topological polar surface area (TPSA) is 114 Å². The number of hydrogen-bond donors (Lipinski definition) is 2. The second kappa shape index (κ2) is 9.71. The van der Waals surface area contributed by atoms with Crippen molar-refractivity contribution in [3.8, 4) is 0 Å². The lowest BCUT2D eigenvalue weighted by atomic mass is 10.1. The van der Waals surface area contributed by atoms with Crippen molar-refractivity contribution in [3.05, 3.63) is 95.1 Å². The van der Waals surface area contributed by atoms with Crippen molar-refractivity contribution < 1.29 is 22.7 Å². The number of carbonyl (C=O) groups is 2. The number of aryl methyl sites for hydroxylation is 2. The van der Waals surface area contributed by atoms with E-state index in [0.29, 0.717) is 16.8 Å². The van der Waals surface area contributed by atoms with Crippen LogP contribution in [0.3, 0.4) is 0 Å². The maximum atomic E-state index is 13.2. The number of fused-ring (bicyclic) bond motifs is 1. The number of carbonyl (C=O) groups excluding carboxylic acids is 2. The van der Waals surface area contributed by atoms with Gasteiger partial charge in [0.15, 0.2) is 0 Å². The fraction of sp³-hybridized carbons (Fsp3) is 0.192. The van der Waals surface area contributed by atoms with E-state index in [1.165, 1.54) is 13.0 Å². The molecule has 2 N–H and O–H groups in total. The van der Waals surface area contributed by atoms with Gasteiger partial charge in [-0.25, -0.2) is 13.2 Å². The molecule has 180 valence electrons. The van der Waals surface area contributed by atoms with E-state index in [2.05, 4.69) is 15.0 Å². The van der Waals surface area contributed by atoms with E-state index in [0.717, 1.165) is 11.1 Å². The quantitative estimate of drug-likeness (QED) is 0.511. The number of anilines is 1. The molecule has 0 fully saturated rings. The molecule has 1 aliphatic rings. The zero-order valence-corrected chi connectivity index (χ0v) is 20.3. The number of nitrogens with zero attached hydrogens (tertiary/aromatic N) is 1. The van der Waals surface area contributed by atoms with E-state index >= 15 is 0 Å². The number of rotatable bonds is 6. The SMILES string of the molecule is Cc1ccc(C)c(NC(=O)[C@H](OC(=O)[C@H](C)N=C2NS(=O)(=O)c3ccccc32)c2ccccc2)c1. The van der Waals surface area contributed by atoms with Gasteiger partial charge in [-0.05, 0) is 50.1 Å². The van der Waals surface area contributed by atoms with Gasteiger partial charge < -0.3 is 10.1 Å². The maximum Gasteiger partial charge on any atom is 0.331 e. The van der Waals surface area contributed by atoms with Gasteiger partial charge in [-0.15, -0.1) is 0 Å². The molecule has 0 saturated heterocycles. The Kier molecular flexibility index (Phi) is 6.70. The van der Waals surface area contributed by atoms with Crippen LogP contribution >= 0.6 is 0 Å². The summed E-state index contributed by atoms with van der Waals surface area (Å²) >= 11 is 0. The number of nitrogens with one attached hydrogen (secondary N) is 2. The summed E-state index contributed by atoms with van der Waals surface area (Å²) < 4.78 is 32.6. The maximum absolute atomic E-state index is 13.2. The summed E-state index contributed by atoms with van der Waals surface area (Å²) in [4.78, 5) is 30.5. The van der Waals surface area contributed by atoms with Crippen LogP contribution in [0.5, 0.6) is 0 Å². The lowest BCUT2D eigenvalue weighted by Gasteiger charge is -2.20. The summed E-state index contributed by atoms with van der Waals surface area (Å²) in [6.45, 7) is 5.27. The van der Waals surface area contributed by atoms with E-state index < -0.39 is 34.0 Å². The van der Waals surface area contributed by atoms with E-state index in [1.54, 1.807) is 48.5 Å². The number of amidine groups is 1. The lowest BCUT2D eigenvalue weighted by molar-refractivity contribution is -0.155. The highest BCUT2D eigenvalue weighted by Gasteiger charge is 2.32. The Balaban J connectivity index is 1.58. The Bertz CT molecular complexity index is 1420. The first-order valence-corrected chi connectivity index (χ1v) is 12.5. The predicted octanol–water partition coefficient (Wildman–Crippen LogP) is 3.65. The summed E-state index contributed by atoms with van der Waals surface area (Å²) in [6.07, 6.45) is -1.22. The average molecular weight is 492 g/mol. The smallest absolute Gasteiger partial charge is 0.331 e. The van der Waals surface area contributed by atoms with Gasteiger partial charge in [0.2, 0.25) is 6.10 Å². The first-order valence-electron chi connectivity index (χ1n) is 11.0. The van der Waals surface area contributed by atoms with Gasteiger partial charge in [0.05, 0.1) is 4.90 Å². The van der Waals surface area contributed by atoms with Gasteiger partial charge in [-0.3, -0.25) is 14.5 Å². The highest BCUT2D eigenvalue weighted by molar-refractivity contribution is 7.90. The molecule has 1 heterocycles. The number of hydrogen-bond acceptors (Lipinski definition) is 6. The molecule has 0 aromatic heterocycles. The highest BCUT2D eigenvalue weighted by atomic mass is 32.2. The van der Waals surface area contributed by atoms with Crippen molar-refractivity contribution in [2.75, 3.05) is 5.32 Å². The minimum absolute atomic E-state index is 0.0566. The Morgan fingerprint density at radius 2 is 1.66 bits per heavy atom. The molecule has 35 heavy (non-hydrogen) atoms. The molecule has 8 nitrogen and oxygen atoms in total. The molecular formula is C26H25N3O5S. The largest absolute Gasteiger partial charge is 0.446 e. The highest BCUT2D eigenvalue weighted by Crippen LogP contribution is 2.25. The van der Waals surface area contributed by atoms with Gasteiger partial charge in [-0.2, -0.15) is 0 Å². The van der Waals surface area contributed by atoms with E-state index in [-0.39, 0.29) is 10.7 Å². The standard InChI is InChI=1S/C26H25N3O5S/c1-16-13-14-17(2)21(15-16)28-25(30)23(19-9-5-4-6-10-19)34-26(31)18(3)27-24-20-11-7-8-12-22(20)35(32,33)29-24/h4-15,18,23H,1-3H3,(H,27,29)(H,28,30)/t18-,23+/m0/s1. The van der Waals surface area contributed by atoms with Crippen LogP contribution in [-0.2, 0) is 24.3 Å². The summed E-state index contributed by atoms with van der Waals surface area (Å²) in [6, 6.07) is 19.6. The lowest BCUT2D eigenvalue weighted by Crippen LogP contribution is -2.31. The van der Waals surface area contributed by atoms with Crippen LogP contribution in [0.4, 0.5) is 5.69 Å². The molecule has 3 aromatic rings. The fourth-order valence-corrected chi connectivity index (χ4v) is 4.90. The molecular weight excluding hydrogens is 466 g/mol. The normalized spacial score (nSPS) is 16.6. The molecule has 2 atom stereocenters. The van der Waals surface area contributed by atoms with Gasteiger partial charge in [0, 0.05) is 16.8 Å². The monoisotopic (exact) mass is 491 g/mol. The summed E-state index contributed by atoms with van der Waals surface area (Å²) in [7, 11) is -3.74. The number of esters is 1. The predicted molar refractivity (Wildman–Crippen MR) is 133 cm³/mol. The number of sulfonamides is 1. The van der Waals surface area contributed by atoms with Crippen LogP contribution in [0.25, 0.3) is 0 Å². The summed E-state index contributed by atoms with van der Waals surface area (Å²) in [5.41, 5.74) is 3.34. The van der Waals surface area contributed by atoms with E-state index in [1.807, 2.05) is 32.0 Å². The third-order valence-electron chi connectivity index (χ3n) is 5.55. The fourth-order valence-electron chi connectivity index (χ4n) is 3.66. The van der Waals surface area contributed by atoms with Crippen LogP contribution in [0.2, 0.25) is 0 Å². The Labute approximate surface area is 204 Å². The zero-order valence-electron chi connectivity index (χ0n) is 19.5. The van der Waals surface area contributed by atoms with Crippen molar-refractivity contribution in [3.63, 3.8) is 0 Å². The first kappa shape index (κ1) is 24.2. The average Bonchev–Trinajstić information content (AvgIpc) is 3.10. The number of benzene rings is 3. The van der Waals surface area contributed by atoms with Gasteiger partial charge in [-0.1, -0.05) is 54.6 Å². The molecule has 0 radical (unpaired) electrons. The molecule has 0 bridgehead atoms. The summed E-state index contributed by atoms with van der Waals surface area (Å²) in [5.74, 6) is -1.22. The van der Waals surface area contributed by atoms with Crippen LogP contribution in [0, 0.1) is 13.8 Å². The Morgan fingerprint density at radius 1 is 0.971 bits per heavy atom. The second-order valence-electron chi connectivity index (χ2n) is 8.29. The molecule has 0 unspecified atom stereocenters. The molecule has 9 heteroatoms. The molecule has 0 aliphatic carbocycles. The van der Waals surface area contributed by atoms with Crippen LogP contribution in [0.15, 0.2) is 82.7 Å². The minimum Gasteiger partial charge on any atom is -0.446 e. The third kappa shape index (κ3) is 5.25. The zero-order chi connectivity index (χ0) is 25.2. The summed E-state index contributed by atoms with van der Waals surface area (Å²) in [5, 5.41) is 2.85.